The van der Waals surface area contributed by atoms with Gasteiger partial charge in [0.25, 0.3) is 0 Å². The third-order valence-corrected chi connectivity index (χ3v) is 3.87. The van der Waals surface area contributed by atoms with Gasteiger partial charge in [0.05, 0.1) is 21.0 Å². The van der Waals surface area contributed by atoms with Crippen LogP contribution < -0.4 is 0 Å². The Morgan fingerprint density at radius 2 is 1.58 bits per heavy atom. The minimum Gasteiger partial charge on any atom is -0.489 e. The lowest BCUT2D eigenvalue weighted by atomic mass is 9.89. The van der Waals surface area contributed by atoms with E-state index in [1.54, 1.807) is 0 Å². The molecule has 24 heavy (non-hydrogen) atoms. The van der Waals surface area contributed by atoms with E-state index in [2.05, 4.69) is 0 Å². The molecule has 0 bridgehead atoms. The van der Waals surface area contributed by atoms with E-state index >= 15 is 0 Å². The summed E-state index contributed by atoms with van der Waals surface area (Å²) < 4.78 is 76.0. The standard InChI is InChI=1S/C19H30O5/c1-14-15(12-10-8-6-4-5-7-9-11-13-20)17(22)19(24-3)18(23-2)16(14)21/h20H,4-13H2,1-3H3/i3D3,9D2,11D2,13D2. The second kappa shape index (κ2) is 11.0. The van der Waals surface area contributed by atoms with Crippen LogP contribution in [-0.2, 0) is 19.1 Å². The van der Waals surface area contributed by atoms with Crippen molar-refractivity contribution in [3.05, 3.63) is 22.7 Å². The summed E-state index contributed by atoms with van der Waals surface area (Å²) in [5, 5.41) is 9.26. The molecule has 5 nitrogen and oxygen atoms in total. The van der Waals surface area contributed by atoms with Crippen LogP contribution in [0.25, 0.3) is 0 Å². The highest BCUT2D eigenvalue weighted by molar-refractivity contribution is 6.23. The maximum Gasteiger partial charge on any atom is 0.228 e. The van der Waals surface area contributed by atoms with Crippen LogP contribution in [0.5, 0.6) is 0 Å². The van der Waals surface area contributed by atoms with Gasteiger partial charge in [-0.3, -0.25) is 9.59 Å². The Bertz CT molecular complexity index is 807. The van der Waals surface area contributed by atoms with E-state index in [0.717, 1.165) is 7.11 Å². The van der Waals surface area contributed by atoms with E-state index < -0.39 is 49.4 Å². The normalized spacial score (nSPS) is 23.2. The van der Waals surface area contributed by atoms with E-state index in [1.165, 1.54) is 6.92 Å². The number of rotatable bonds is 12. The Labute approximate surface area is 157 Å². The largest absolute Gasteiger partial charge is 0.489 e. The lowest BCUT2D eigenvalue weighted by Crippen LogP contribution is -2.25. The number of Topliss-reactive ketones (excluding diaryl/α,β-unsaturated/α-hetero) is 2. The molecular weight excluding hydrogens is 308 g/mol. The number of ether oxygens (including phenoxy) is 2. The van der Waals surface area contributed by atoms with Gasteiger partial charge in [-0.25, -0.2) is 0 Å². The van der Waals surface area contributed by atoms with Gasteiger partial charge in [0.2, 0.25) is 23.1 Å². The Balaban J connectivity index is 2.61. The summed E-state index contributed by atoms with van der Waals surface area (Å²) in [6.07, 6.45) is -3.24. The van der Waals surface area contributed by atoms with Gasteiger partial charge < -0.3 is 14.6 Å². The third kappa shape index (κ3) is 5.48. The molecule has 0 spiro atoms. The molecule has 0 aliphatic heterocycles. The van der Waals surface area contributed by atoms with Gasteiger partial charge in [-0.05, 0) is 26.1 Å². The Hall–Kier alpha value is -1.62. The van der Waals surface area contributed by atoms with Gasteiger partial charge in [-0.2, -0.15) is 0 Å². The molecule has 0 aromatic carbocycles. The molecule has 0 atom stereocenters. The Kier molecular flexibility index (Phi) is 4.77. The molecule has 0 saturated carbocycles. The van der Waals surface area contributed by atoms with Crippen molar-refractivity contribution in [2.24, 2.45) is 0 Å². The van der Waals surface area contributed by atoms with Gasteiger partial charge in [-0.1, -0.05) is 38.5 Å². The quantitative estimate of drug-likeness (QED) is 0.432. The van der Waals surface area contributed by atoms with Crippen LogP contribution in [0.1, 0.15) is 77.0 Å². The number of carbonyl (C=O) groups is 2. The predicted molar refractivity (Wildman–Crippen MR) is 92.4 cm³/mol. The zero-order valence-corrected chi connectivity index (χ0v) is 14.0. The first-order valence-electron chi connectivity index (χ1n) is 12.4. The monoisotopic (exact) mass is 347 g/mol. The van der Waals surface area contributed by atoms with Crippen molar-refractivity contribution in [2.45, 2.75) is 64.6 Å². The SMILES string of the molecule is [2H]C([2H])([2H])OC1=C(OC)C(=O)C(C)=C(CCCCCCCC([2H])([2H])C([2H])([2H])C([2H])([2H])O)C1=O. The third-order valence-electron chi connectivity index (χ3n) is 3.87. The summed E-state index contributed by atoms with van der Waals surface area (Å²) >= 11 is 0. The lowest BCUT2D eigenvalue weighted by molar-refractivity contribution is -0.121. The fraction of sp³-hybridized carbons (Fsp3) is 0.684. The average Bonchev–Trinajstić information content (AvgIpc) is 2.65. The Morgan fingerprint density at radius 1 is 0.958 bits per heavy atom. The van der Waals surface area contributed by atoms with Crippen molar-refractivity contribution in [3.63, 3.8) is 0 Å². The van der Waals surface area contributed by atoms with Crippen molar-refractivity contribution in [1.29, 1.82) is 0 Å². The Morgan fingerprint density at radius 3 is 2.21 bits per heavy atom. The average molecular weight is 347 g/mol. The second-order valence-corrected chi connectivity index (χ2v) is 5.41. The lowest BCUT2D eigenvalue weighted by Gasteiger charge is -2.20. The van der Waals surface area contributed by atoms with Crippen LogP contribution in [-0.4, -0.2) is 37.4 Å². The number of aliphatic hydroxyl groups is 1. The minimum atomic E-state index is -3.31. The summed E-state index contributed by atoms with van der Waals surface area (Å²) in [6, 6.07) is 0. The zero-order chi connectivity index (χ0) is 25.8. The second-order valence-electron chi connectivity index (χ2n) is 5.41. The van der Waals surface area contributed by atoms with Crippen LogP contribution >= 0.6 is 0 Å². The zero-order valence-electron chi connectivity index (χ0n) is 23.0. The summed E-state index contributed by atoms with van der Waals surface area (Å²) in [4.78, 5) is 25.2. The van der Waals surface area contributed by atoms with Gasteiger partial charge in [0.15, 0.2) is 0 Å². The number of hydrogen-bond acceptors (Lipinski definition) is 5. The van der Waals surface area contributed by atoms with E-state index in [1.807, 2.05) is 0 Å². The fourth-order valence-corrected chi connectivity index (χ4v) is 2.55. The minimum absolute atomic E-state index is 0.148. The molecule has 1 aliphatic carbocycles. The van der Waals surface area contributed by atoms with E-state index in [-0.39, 0.29) is 30.4 Å². The van der Waals surface area contributed by atoms with Crippen molar-refractivity contribution in [3.8, 4) is 0 Å². The first kappa shape index (κ1) is 10.4. The number of hydrogen-bond donors (Lipinski definition) is 1. The van der Waals surface area contributed by atoms with Gasteiger partial charge in [0, 0.05) is 23.2 Å². The number of methoxy groups -OCH3 is 2. The van der Waals surface area contributed by atoms with Crippen LogP contribution in [0, 0.1) is 0 Å². The highest BCUT2D eigenvalue weighted by Crippen LogP contribution is 2.28. The number of carbonyl (C=O) groups excluding carboxylic acids is 2. The molecule has 0 amide bonds. The predicted octanol–water partition coefficient (Wildman–Crippen LogP) is 3.46. The molecule has 1 N–H and O–H groups in total. The van der Waals surface area contributed by atoms with Crippen LogP contribution in [0.2, 0.25) is 0 Å². The van der Waals surface area contributed by atoms with Crippen molar-refractivity contribution >= 4 is 11.6 Å². The number of ketones is 2. The van der Waals surface area contributed by atoms with E-state index in [4.69, 9.17) is 21.8 Å². The highest BCUT2D eigenvalue weighted by atomic mass is 16.5. The first-order valence-corrected chi connectivity index (χ1v) is 7.86. The molecule has 0 aromatic heterocycles. The maximum absolute atomic E-state index is 12.7. The van der Waals surface area contributed by atoms with Crippen LogP contribution in [0.3, 0.4) is 0 Å². The molecule has 0 heterocycles. The molecule has 0 fully saturated rings. The molecule has 1 aliphatic rings. The van der Waals surface area contributed by atoms with E-state index in [0.29, 0.717) is 25.7 Å². The van der Waals surface area contributed by atoms with Gasteiger partial charge in [-0.15, -0.1) is 0 Å². The molecule has 136 valence electrons. The maximum atomic E-state index is 12.7. The van der Waals surface area contributed by atoms with Crippen molar-refractivity contribution in [1.82, 2.24) is 0 Å². The molecule has 0 radical (unpaired) electrons. The summed E-state index contributed by atoms with van der Waals surface area (Å²) in [5.41, 5.74) is 0.304. The van der Waals surface area contributed by atoms with Gasteiger partial charge >= 0.3 is 0 Å². The number of allylic oxidation sites excluding steroid dienone is 2. The molecule has 5 heteroatoms. The molecule has 0 aromatic rings. The van der Waals surface area contributed by atoms with Crippen LogP contribution in [0.4, 0.5) is 0 Å². The summed E-state index contributed by atoms with van der Waals surface area (Å²) in [7, 11) is -1.79. The van der Waals surface area contributed by atoms with Crippen molar-refractivity contribution < 1.29 is 36.5 Å². The molecule has 0 saturated heterocycles. The first-order chi connectivity index (χ1) is 14.9. The van der Waals surface area contributed by atoms with Gasteiger partial charge in [0.1, 0.15) is 0 Å². The topological polar surface area (TPSA) is 72.8 Å². The molecule has 1 rings (SSSR count). The molecule has 0 unspecified atom stereocenters. The number of unbranched alkanes of at least 4 members (excludes halogenated alkanes) is 4. The fourth-order valence-electron chi connectivity index (χ4n) is 2.55. The molecular formula is C19H30O5. The summed E-state index contributed by atoms with van der Waals surface area (Å²) in [5.74, 6) is -2.41. The van der Waals surface area contributed by atoms with Crippen LogP contribution in [0.15, 0.2) is 22.7 Å². The van der Waals surface area contributed by atoms with E-state index in [9.17, 15) is 14.7 Å². The summed E-state index contributed by atoms with van der Waals surface area (Å²) in [6.45, 7) is -1.86. The smallest absolute Gasteiger partial charge is 0.228 e. The van der Waals surface area contributed by atoms with Crippen molar-refractivity contribution in [2.75, 3.05) is 20.7 Å². The highest BCUT2D eigenvalue weighted by Gasteiger charge is 2.34.